The zero-order chi connectivity index (χ0) is 14.8. The number of hydrogen-bond donors (Lipinski definition) is 1. The first kappa shape index (κ1) is 16.0. The van der Waals surface area contributed by atoms with Crippen LogP contribution in [0.15, 0.2) is 22.7 Å². The molecule has 0 bridgehead atoms. The lowest BCUT2D eigenvalue weighted by molar-refractivity contribution is 0.159. The van der Waals surface area contributed by atoms with E-state index in [0.717, 1.165) is 16.0 Å². The summed E-state index contributed by atoms with van der Waals surface area (Å²) < 4.78 is 14.6. The van der Waals surface area contributed by atoms with Crippen LogP contribution in [0.25, 0.3) is 0 Å². The summed E-state index contributed by atoms with van der Waals surface area (Å²) >= 11 is 3.40. The molecule has 1 aromatic rings. The molecule has 0 spiro atoms. The van der Waals surface area contributed by atoms with Gasteiger partial charge in [-0.1, -0.05) is 36.7 Å². The van der Waals surface area contributed by atoms with Gasteiger partial charge in [-0.3, -0.25) is 0 Å². The van der Waals surface area contributed by atoms with Crippen molar-refractivity contribution in [3.8, 4) is 0 Å². The van der Waals surface area contributed by atoms with E-state index in [4.69, 9.17) is 0 Å². The normalized spacial score (nSPS) is 23.9. The van der Waals surface area contributed by atoms with Gasteiger partial charge in [-0.25, -0.2) is 4.39 Å². The molecule has 1 nitrogen and oxygen atoms in total. The van der Waals surface area contributed by atoms with Gasteiger partial charge in [-0.15, -0.1) is 0 Å². The van der Waals surface area contributed by atoms with Gasteiger partial charge >= 0.3 is 0 Å². The Morgan fingerprint density at radius 1 is 1.20 bits per heavy atom. The average molecular weight is 342 g/mol. The molecule has 0 aliphatic heterocycles. The van der Waals surface area contributed by atoms with E-state index in [9.17, 15) is 4.39 Å². The van der Waals surface area contributed by atoms with Crippen LogP contribution in [0, 0.1) is 17.2 Å². The summed E-state index contributed by atoms with van der Waals surface area (Å²) in [5.41, 5.74) is 1.17. The molecule has 0 unspecified atom stereocenters. The maximum absolute atomic E-state index is 13.7. The van der Waals surface area contributed by atoms with E-state index in [1.54, 1.807) is 6.07 Å². The Morgan fingerprint density at radius 3 is 2.45 bits per heavy atom. The molecule has 1 fully saturated rings. The van der Waals surface area contributed by atoms with Crippen LogP contribution < -0.4 is 5.32 Å². The van der Waals surface area contributed by atoms with Crippen molar-refractivity contribution < 1.29 is 4.39 Å². The Bertz CT molecular complexity index is 445. The van der Waals surface area contributed by atoms with Gasteiger partial charge in [0.25, 0.3) is 0 Å². The summed E-state index contributed by atoms with van der Waals surface area (Å²) in [7, 11) is 0. The Kier molecular flexibility index (Phi) is 5.25. The molecular formula is C17H25BrFN. The number of rotatable bonds is 3. The lowest BCUT2D eigenvalue weighted by atomic mass is 9.71. The van der Waals surface area contributed by atoms with E-state index in [1.165, 1.54) is 31.7 Å². The van der Waals surface area contributed by atoms with Gasteiger partial charge in [0.1, 0.15) is 5.82 Å². The van der Waals surface area contributed by atoms with Gasteiger partial charge in [0, 0.05) is 22.6 Å². The first-order valence-electron chi connectivity index (χ1n) is 7.53. The van der Waals surface area contributed by atoms with Crippen molar-refractivity contribution in [1.29, 1.82) is 0 Å². The molecule has 0 amide bonds. The molecule has 1 aliphatic carbocycles. The van der Waals surface area contributed by atoms with Gasteiger partial charge in [0.05, 0.1) is 0 Å². The van der Waals surface area contributed by atoms with Crippen molar-refractivity contribution in [2.45, 2.75) is 59.0 Å². The van der Waals surface area contributed by atoms with Gasteiger partial charge in [-0.05, 0) is 55.2 Å². The minimum Gasteiger partial charge on any atom is -0.310 e. The molecule has 1 saturated carbocycles. The van der Waals surface area contributed by atoms with E-state index >= 15 is 0 Å². The first-order valence-corrected chi connectivity index (χ1v) is 8.33. The average Bonchev–Trinajstić information content (AvgIpc) is 2.39. The Balaban J connectivity index is 1.83. The maximum Gasteiger partial charge on any atom is 0.127 e. The molecule has 1 N–H and O–H groups in total. The summed E-state index contributed by atoms with van der Waals surface area (Å²) in [6.45, 7) is 7.63. The SMILES string of the molecule is CC(C)(C)C1CCC(NCc2cc(Br)ccc2F)CC1. The molecular weight excluding hydrogens is 317 g/mol. The van der Waals surface area contributed by atoms with Crippen LogP contribution in [0.2, 0.25) is 0 Å². The van der Waals surface area contributed by atoms with Crippen LogP contribution in [-0.2, 0) is 6.54 Å². The standard InChI is InChI=1S/C17H25BrFN/c1-17(2,3)13-4-7-15(8-5-13)20-11-12-10-14(18)6-9-16(12)19/h6,9-10,13,15,20H,4-5,7-8,11H2,1-3H3. The summed E-state index contributed by atoms with van der Waals surface area (Å²) in [6.07, 6.45) is 4.97. The summed E-state index contributed by atoms with van der Waals surface area (Å²) in [4.78, 5) is 0. The fourth-order valence-corrected chi connectivity index (χ4v) is 3.51. The van der Waals surface area contributed by atoms with Crippen LogP contribution in [-0.4, -0.2) is 6.04 Å². The zero-order valence-electron chi connectivity index (χ0n) is 12.7. The highest BCUT2D eigenvalue weighted by Crippen LogP contribution is 2.37. The van der Waals surface area contributed by atoms with Crippen molar-refractivity contribution in [3.63, 3.8) is 0 Å². The van der Waals surface area contributed by atoms with E-state index in [1.807, 2.05) is 6.07 Å². The van der Waals surface area contributed by atoms with Crippen LogP contribution >= 0.6 is 15.9 Å². The first-order chi connectivity index (χ1) is 9.36. The van der Waals surface area contributed by atoms with Gasteiger partial charge in [0.2, 0.25) is 0 Å². The van der Waals surface area contributed by atoms with Crippen molar-refractivity contribution >= 4 is 15.9 Å². The summed E-state index contributed by atoms with van der Waals surface area (Å²) in [5, 5.41) is 3.52. The molecule has 1 aliphatic rings. The third kappa shape index (κ3) is 4.29. The lowest BCUT2D eigenvalue weighted by Gasteiger charge is -2.37. The smallest absolute Gasteiger partial charge is 0.127 e. The molecule has 1 aromatic carbocycles. The second-order valence-electron chi connectivity index (χ2n) is 7.03. The van der Waals surface area contributed by atoms with E-state index in [0.29, 0.717) is 18.0 Å². The molecule has 112 valence electrons. The fourth-order valence-electron chi connectivity index (χ4n) is 3.10. The van der Waals surface area contributed by atoms with Gasteiger partial charge < -0.3 is 5.32 Å². The van der Waals surface area contributed by atoms with E-state index < -0.39 is 0 Å². The highest BCUT2D eigenvalue weighted by atomic mass is 79.9. The number of halogens is 2. The molecule has 20 heavy (non-hydrogen) atoms. The van der Waals surface area contributed by atoms with Crippen LogP contribution in [0.3, 0.4) is 0 Å². The quantitative estimate of drug-likeness (QED) is 0.788. The second-order valence-corrected chi connectivity index (χ2v) is 7.95. The monoisotopic (exact) mass is 341 g/mol. The molecule has 0 saturated heterocycles. The summed E-state index contributed by atoms with van der Waals surface area (Å²) in [6, 6.07) is 5.67. The van der Waals surface area contributed by atoms with E-state index in [2.05, 4.69) is 42.0 Å². The molecule has 0 heterocycles. The minimum atomic E-state index is -0.121. The fraction of sp³-hybridized carbons (Fsp3) is 0.647. The van der Waals surface area contributed by atoms with Crippen molar-refractivity contribution in [2.24, 2.45) is 11.3 Å². The van der Waals surface area contributed by atoms with Crippen LogP contribution in [0.5, 0.6) is 0 Å². The summed E-state index contributed by atoms with van der Waals surface area (Å²) in [5.74, 6) is 0.701. The number of nitrogens with one attached hydrogen (secondary N) is 1. The lowest BCUT2D eigenvalue weighted by Crippen LogP contribution is -2.36. The Hall–Kier alpha value is -0.410. The van der Waals surface area contributed by atoms with Crippen molar-refractivity contribution in [1.82, 2.24) is 5.32 Å². The maximum atomic E-state index is 13.7. The predicted octanol–water partition coefficient (Wildman–Crippen LogP) is 5.28. The van der Waals surface area contributed by atoms with Crippen LogP contribution in [0.1, 0.15) is 52.0 Å². The van der Waals surface area contributed by atoms with Crippen molar-refractivity contribution in [2.75, 3.05) is 0 Å². The molecule has 0 radical (unpaired) electrons. The zero-order valence-corrected chi connectivity index (χ0v) is 14.3. The molecule has 2 rings (SSSR count). The Labute approximate surface area is 130 Å². The molecule has 0 aromatic heterocycles. The van der Waals surface area contributed by atoms with Gasteiger partial charge in [-0.2, -0.15) is 0 Å². The van der Waals surface area contributed by atoms with Crippen molar-refractivity contribution in [3.05, 3.63) is 34.1 Å². The Morgan fingerprint density at radius 2 is 1.85 bits per heavy atom. The predicted molar refractivity (Wildman–Crippen MR) is 86.1 cm³/mol. The van der Waals surface area contributed by atoms with Crippen LogP contribution in [0.4, 0.5) is 4.39 Å². The highest BCUT2D eigenvalue weighted by Gasteiger charge is 2.29. The number of hydrogen-bond acceptors (Lipinski definition) is 1. The molecule has 3 heteroatoms. The topological polar surface area (TPSA) is 12.0 Å². The minimum absolute atomic E-state index is 0.121. The largest absolute Gasteiger partial charge is 0.310 e. The third-order valence-electron chi connectivity index (χ3n) is 4.54. The molecule has 0 atom stereocenters. The third-order valence-corrected chi connectivity index (χ3v) is 5.03. The second kappa shape index (κ2) is 6.57. The van der Waals surface area contributed by atoms with Gasteiger partial charge in [0.15, 0.2) is 0 Å². The van der Waals surface area contributed by atoms with E-state index in [-0.39, 0.29) is 5.82 Å². The number of benzene rings is 1. The highest BCUT2D eigenvalue weighted by molar-refractivity contribution is 9.10.